The first kappa shape index (κ1) is 15.8. The van der Waals surface area contributed by atoms with Crippen LogP contribution in [0, 0.1) is 0 Å². The minimum absolute atomic E-state index is 0.0300. The molecule has 19 heavy (non-hydrogen) atoms. The highest BCUT2D eigenvalue weighted by Gasteiger charge is 2.07. The fraction of sp³-hybridized carbons (Fsp3) is 0.500. The van der Waals surface area contributed by atoms with Gasteiger partial charge in [0.25, 0.3) is 0 Å². The third-order valence-corrected chi connectivity index (χ3v) is 3.05. The third kappa shape index (κ3) is 5.49. The molecular weight excluding hydrogens is 264 g/mol. The van der Waals surface area contributed by atoms with Crippen molar-refractivity contribution in [1.82, 2.24) is 9.80 Å². The van der Waals surface area contributed by atoms with Gasteiger partial charge in [-0.05, 0) is 31.8 Å². The van der Waals surface area contributed by atoms with Crippen molar-refractivity contribution in [2.24, 2.45) is 0 Å². The first-order chi connectivity index (χ1) is 8.90. The molecule has 0 radical (unpaired) electrons. The van der Waals surface area contributed by atoms with Crippen LogP contribution >= 0.6 is 11.6 Å². The number of carbonyl (C=O) groups is 1. The molecule has 0 spiro atoms. The minimum Gasteiger partial charge on any atom is -0.491 e. The predicted octanol–water partition coefficient (Wildman–Crippen LogP) is 2.26. The number of hydrogen-bond acceptors (Lipinski definition) is 3. The second-order valence-electron chi connectivity index (χ2n) is 4.79. The standard InChI is InChI=1S/C14H21ClN2O2/c1-11(18)17(4)10-12-5-6-14(13(15)9-12)19-8-7-16(2)3/h5-6,9H,7-8,10H2,1-4H3. The van der Waals surface area contributed by atoms with E-state index < -0.39 is 0 Å². The van der Waals surface area contributed by atoms with Gasteiger partial charge in [-0.15, -0.1) is 0 Å². The fourth-order valence-corrected chi connectivity index (χ4v) is 1.74. The maximum Gasteiger partial charge on any atom is 0.219 e. The monoisotopic (exact) mass is 284 g/mol. The van der Waals surface area contributed by atoms with Crippen molar-refractivity contribution in [2.75, 3.05) is 34.3 Å². The van der Waals surface area contributed by atoms with Gasteiger partial charge in [-0.1, -0.05) is 17.7 Å². The van der Waals surface area contributed by atoms with Gasteiger partial charge < -0.3 is 14.5 Å². The van der Waals surface area contributed by atoms with Crippen molar-refractivity contribution in [3.63, 3.8) is 0 Å². The SMILES string of the molecule is CC(=O)N(C)Cc1ccc(OCCN(C)C)c(Cl)c1. The van der Waals surface area contributed by atoms with Gasteiger partial charge in [-0.25, -0.2) is 0 Å². The lowest BCUT2D eigenvalue weighted by Gasteiger charge is -2.16. The molecule has 0 aromatic heterocycles. The fourth-order valence-electron chi connectivity index (χ4n) is 1.48. The first-order valence-corrected chi connectivity index (χ1v) is 6.55. The van der Waals surface area contributed by atoms with Crippen LogP contribution in [0.3, 0.4) is 0 Å². The Balaban J connectivity index is 2.61. The summed E-state index contributed by atoms with van der Waals surface area (Å²) in [6.45, 7) is 3.53. The molecule has 0 bridgehead atoms. The second-order valence-corrected chi connectivity index (χ2v) is 5.20. The van der Waals surface area contributed by atoms with Crippen molar-refractivity contribution in [3.05, 3.63) is 28.8 Å². The Morgan fingerprint density at radius 2 is 2.00 bits per heavy atom. The van der Waals surface area contributed by atoms with E-state index in [2.05, 4.69) is 0 Å². The van der Waals surface area contributed by atoms with Gasteiger partial charge in [-0.3, -0.25) is 4.79 Å². The molecule has 0 unspecified atom stereocenters. The lowest BCUT2D eigenvalue weighted by Crippen LogP contribution is -2.23. The number of ether oxygens (including phenoxy) is 1. The minimum atomic E-state index is 0.0300. The zero-order valence-corrected chi connectivity index (χ0v) is 12.7. The van der Waals surface area contributed by atoms with Gasteiger partial charge in [0.15, 0.2) is 0 Å². The largest absolute Gasteiger partial charge is 0.491 e. The van der Waals surface area contributed by atoms with E-state index in [1.165, 1.54) is 0 Å². The summed E-state index contributed by atoms with van der Waals surface area (Å²) >= 11 is 6.17. The predicted molar refractivity (Wildman–Crippen MR) is 77.6 cm³/mol. The topological polar surface area (TPSA) is 32.8 Å². The van der Waals surface area contributed by atoms with Crippen molar-refractivity contribution >= 4 is 17.5 Å². The summed E-state index contributed by atoms with van der Waals surface area (Å²) in [7, 11) is 5.75. The van der Waals surface area contributed by atoms with E-state index in [-0.39, 0.29) is 5.91 Å². The van der Waals surface area contributed by atoms with Crippen LogP contribution in [0.4, 0.5) is 0 Å². The first-order valence-electron chi connectivity index (χ1n) is 6.18. The summed E-state index contributed by atoms with van der Waals surface area (Å²) in [5, 5.41) is 0.577. The van der Waals surface area contributed by atoms with Crippen LogP contribution in [0.5, 0.6) is 5.75 Å². The number of likely N-dealkylation sites (N-methyl/N-ethyl adjacent to an activating group) is 1. The van der Waals surface area contributed by atoms with E-state index in [0.29, 0.717) is 23.9 Å². The molecule has 0 saturated heterocycles. The average Bonchev–Trinajstić information content (AvgIpc) is 2.31. The number of halogens is 1. The lowest BCUT2D eigenvalue weighted by molar-refractivity contribution is -0.128. The zero-order chi connectivity index (χ0) is 14.4. The van der Waals surface area contributed by atoms with Crippen LogP contribution in [0.1, 0.15) is 12.5 Å². The van der Waals surface area contributed by atoms with E-state index in [1.54, 1.807) is 18.9 Å². The Labute approximate surface area is 119 Å². The molecule has 1 rings (SSSR count). The Kier molecular flexibility index (Phi) is 6.12. The normalized spacial score (nSPS) is 10.6. The van der Waals surface area contributed by atoms with Gasteiger partial charge in [0.1, 0.15) is 12.4 Å². The van der Waals surface area contributed by atoms with Crippen molar-refractivity contribution in [3.8, 4) is 5.75 Å². The van der Waals surface area contributed by atoms with Crippen LogP contribution in [0.25, 0.3) is 0 Å². The van der Waals surface area contributed by atoms with E-state index >= 15 is 0 Å². The number of benzene rings is 1. The molecule has 1 aromatic rings. The molecule has 0 aliphatic rings. The van der Waals surface area contributed by atoms with Gasteiger partial charge in [0, 0.05) is 27.1 Å². The molecular formula is C14H21ClN2O2. The summed E-state index contributed by atoms with van der Waals surface area (Å²) in [6, 6.07) is 5.61. The van der Waals surface area contributed by atoms with Gasteiger partial charge in [0.2, 0.25) is 5.91 Å². The number of hydrogen-bond donors (Lipinski definition) is 0. The second kappa shape index (κ2) is 7.36. The number of carbonyl (C=O) groups excluding carboxylic acids is 1. The van der Waals surface area contributed by atoms with Gasteiger partial charge in [0.05, 0.1) is 5.02 Å². The summed E-state index contributed by atoms with van der Waals surface area (Å²) in [4.78, 5) is 14.9. The number of amides is 1. The highest BCUT2D eigenvalue weighted by atomic mass is 35.5. The zero-order valence-electron chi connectivity index (χ0n) is 11.9. The van der Waals surface area contributed by atoms with Crippen LogP contribution < -0.4 is 4.74 Å². The summed E-state index contributed by atoms with van der Waals surface area (Å²) in [5.74, 6) is 0.708. The average molecular weight is 285 g/mol. The van der Waals surface area contributed by atoms with Crippen LogP contribution in [0.15, 0.2) is 18.2 Å². The molecule has 0 N–H and O–H groups in total. The Morgan fingerprint density at radius 3 is 2.53 bits per heavy atom. The molecule has 0 saturated carbocycles. The highest BCUT2D eigenvalue weighted by Crippen LogP contribution is 2.25. The quantitative estimate of drug-likeness (QED) is 0.803. The van der Waals surface area contributed by atoms with Crippen molar-refractivity contribution < 1.29 is 9.53 Å². The van der Waals surface area contributed by atoms with Crippen molar-refractivity contribution in [2.45, 2.75) is 13.5 Å². The molecule has 106 valence electrons. The molecule has 1 amide bonds. The van der Waals surface area contributed by atoms with Gasteiger partial charge >= 0.3 is 0 Å². The molecule has 0 aliphatic heterocycles. The van der Waals surface area contributed by atoms with Gasteiger partial charge in [-0.2, -0.15) is 0 Å². The Bertz CT molecular complexity index is 435. The van der Waals surface area contributed by atoms with E-state index in [9.17, 15) is 4.79 Å². The van der Waals surface area contributed by atoms with Crippen LogP contribution in [-0.4, -0.2) is 50.0 Å². The molecule has 0 aliphatic carbocycles. The summed E-state index contributed by atoms with van der Waals surface area (Å²) in [6.07, 6.45) is 0. The molecule has 0 heterocycles. The third-order valence-electron chi connectivity index (χ3n) is 2.75. The molecule has 0 fully saturated rings. The summed E-state index contributed by atoms with van der Waals surface area (Å²) < 4.78 is 5.60. The Morgan fingerprint density at radius 1 is 1.32 bits per heavy atom. The number of nitrogens with zero attached hydrogens (tertiary/aromatic N) is 2. The van der Waals surface area contributed by atoms with Crippen molar-refractivity contribution in [1.29, 1.82) is 0 Å². The summed E-state index contributed by atoms with van der Waals surface area (Å²) in [5.41, 5.74) is 0.989. The lowest BCUT2D eigenvalue weighted by atomic mass is 10.2. The Hall–Kier alpha value is -1.26. The van der Waals surface area contributed by atoms with Crippen LogP contribution in [-0.2, 0) is 11.3 Å². The molecule has 0 atom stereocenters. The van der Waals surface area contributed by atoms with E-state index in [1.807, 2.05) is 37.2 Å². The maximum atomic E-state index is 11.2. The smallest absolute Gasteiger partial charge is 0.219 e. The van der Waals surface area contributed by atoms with E-state index in [4.69, 9.17) is 16.3 Å². The van der Waals surface area contributed by atoms with E-state index in [0.717, 1.165) is 12.1 Å². The molecule has 5 heteroatoms. The number of rotatable bonds is 6. The molecule has 4 nitrogen and oxygen atoms in total. The maximum absolute atomic E-state index is 11.2. The highest BCUT2D eigenvalue weighted by molar-refractivity contribution is 6.32. The van der Waals surface area contributed by atoms with Crippen LogP contribution in [0.2, 0.25) is 5.02 Å². The molecule has 1 aromatic carbocycles.